The largest absolute Gasteiger partial charge is 0.376 e. The molecular formula is C50H59ClN8O5S2. The summed E-state index contributed by atoms with van der Waals surface area (Å²) < 4.78 is 29.3. The van der Waals surface area contributed by atoms with Crippen LogP contribution in [0.4, 0.5) is 17.1 Å². The summed E-state index contributed by atoms with van der Waals surface area (Å²) in [5.41, 5.74) is 4.51. The van der Waals surface area contributed by atoms with Crippen LogP contribution in [-0.2, 0) is 16.6 Å². The fourth-order valence-electron chi connectivity index (χ4n) is 9.17. The van der Waals surface area contributed by atoms with Crippen molar-refractivity contribution < 1.29 is 18.1 Å². The quantitative estimate of drug-likeness (QED) is 0.0531. The van der Waals surface area contributed by atoms with Crippen LogP contribution in [0.2, 0.25) is 5.02 Å². The standard InChI is InChI=1S/C50H59ClN8O5S2/c1-54-24-22-44(23-25-54)58-31-27-55(28-32-58)26-21-42(37-65-45-8-3-2-4-9-45)52-48-20-19-46(35-49(48)59(61)62)66(63,64)53-50(60)39-13-17-43(18-14-39)57-33-29-56(30-34-57)36-40-7-5-6-10-47(40)38-11-15-41(51)16-12-38/h2-20,35,42,44,52H,21-34,36-37H2,1H3,(H,53,60)/t42-/m1/s1. The molecule has 3 saturated heterocycles. The minimum Gasteiger partial charge on any atom is -0.376 e. The molecule has 3 fully saturated rings. The Morgan fingerprint density at radius 3 is 2.17 bits per heavy atom. The maximum atomic E-state index is 13.6. The zero-order valence-electron chi connectivity index (χ0n) is 37.4. The minimum atomic E-state index is -4.45. The molecule has 0 bridgehead atoms. The zero-order chi connectivity index (χ0) is 46.0. The van der Waals surface area contributed by atoms with Crippen molar-refractivity contribution in [2.24, 2.45) is 0 Å². The molecule has 3 heterocycles. The van der Waals surface area contributed by atoms with Gasteiger partial charge in [-0.15, -0.1) is 11.8 Å². The molecule has 3 aliphatic rings. The summed E-state index contributed by atoms with van der Waals surface area (Å²) in [6, 6.07) is 37.5. The van der Waals surface area contributed by atoms with Crippen LogP contribution in [0.3, 0.4) is 0 Å². The molecule has 66 heavy (non-hydrogen) atoms. The normalized spacial score (nSPS) is 17.6. The van der Waals surface area contributed by atoms with Gasteiger partial charge in [-0.05, 0) is 117 Å². The molecule has 1 amide bonds. The summed E-state index contributed by atoms with van der Waals surface area (Å²) >= 11 is 7.81. The summed E-state index contributed by atoms with van der Waals surface area (Å²) in [5.74, 6) is -0.163. The molecule has 3 aliphatic heterocycles. The molecule has 0 unspecified atom stereocenters. The van der Waals surface area contributed by atoms with Crippen molar-refractivity contribution in [1.82, 2.24) is 24.3 Å². The summed E-state index contributed by atoms with van der Waals surface area (Å²) in [5, 5.41) is 16.6. The molecule has 1 atom stereocenters. The highest BCUT2D eigenvalue weighted by molar-refractivity contribution is 7.99. The van der Waals surface area contributed by atoms with Crippen LogP contribution in [0, 0.1) is 10.1 Å². The molecule has 0 spiro atoms. The van der Waals surface area contributed by atoms with Gasteiger partial charge in [0.2, 0.25) is 0 Å². The van der Waals surface area contributed by atoms with Crippen LogP contribution in [0.15, 0.2) is 131 Å². The molecule has 16 heteroatoms. The number of piperidine rings is 1. The number of nitro benzene ring substituents is 1. The van der Waals surface area contributed by atoms with Crippen molar-refractivity contribution in [3.63, 3.8) is 0 Å². The van der Waals surface area contributed by atoms with Gasteiger partial charge in [-0.3, -0.25) is 24.7 Å². The smallest absolute Gasteiger partial charge is 0.293 e. The predicted octanol–water partition coefficient (Wildman–Crippen LogP) is 8.03. The van der Waals surface area contributed by atoms with E-state index in [2.05, 4.69) is 65.9 Å². The highest BCUT2D eigenvalue weighted by Crippen LogP contribution is 2.31. The first-order valence-electron chi connectivity index (χ1n) is 22.8. The number of amides is 1. The number of hydrogen-bond acceptors (Lipinski definition) is 12. The summed E-state index contributed by atoms with van der Waals surface area (Å²) in [4.78, 5) is 38.2. The lowest BCUT2D eigenvalue weighted by molar-refractivity contribution is -0.384. The zero-order valence-corrected chi connectivity index (χ0v) is 39.8. The van der Waals surface area contributed by atoms with Gasteiger partial charge in [-0.25, -0.2) is 13.1 Å². The van der Waals surface area contributed by atoms with E-state index in [0.29, 0.717) is 16.8 Å². The van der Waals surface area contributed by atoms with Crippen molar-refractivity contribution in [2.45, 2.75) is 47.7 Å². The monoisotopic (exact) mass is 950 g/mol. The van der Waals surface area contributed by atoms with Crippen LogP contribution in [0.25, 0.3) is 11.1 Å². The Morgan fingerprint density at radius 1 is 0.803 bits per heavy atom. The lowest BCUT2D eigenvalue weighted by atomic mass is 9.99. The topological polar surface area (TPSA) is 135 Å². The SMILES string of the molecule is CN1CCC(N2CCN(CC[C@H](CSc3ccccc3)Nc3ccc(S(=O)(=O)NC(=O)c4ccc(N5CCN(Cc6ccccc6-c6ccc(Cl)cc6)CC5)cc4)cc3[N+](=O)[O-])CC2)CC1. The van der Waals surface area contributed by atoms with Gasteiger partial charge in [0, 0.05) is 111 Å². The Labute approximate surface area is 398 Å². The molecule has 13 nitrogen and oxygen atoms in total. The molecule has 2 N–H and O–H groups in total. The number of nitrogens with zero attached hydrogens (tertiary/aromatic N) is 6. The number of nitro groups is 1. The maximum absolute atomic E-state index is 13.6. The van der Waals surface area contributed by atoms with Gasteiger partial charge in [0.05, 0.1) is 9.82 Å². The molecule has 348 valence electrons. The Kier molecular flexibility index (Phi) is 16.0. The third-order valence-electron chi connectivity index (χ3n) is 13.1. The number of carbonyl (C=O) groups is 1. The first kappa shape index (κ1) is 47.5. The van der Waals surface area contributed by atoms with E-state index in [0.717, 1.165) is 107 Å². The van der Waals surface area contributed by atoms with Crippen molar-refractivity contribution >= 4 is 56.4 Å². The number of nitrogens with one attached hydrogen (secondary N) is 2. The molecular weight excluding hydrogens is 892 g/mol. The van der Waals surface area contributed by atoms with Crippen LogP contribution < -0.4 is 14.9 Å². The second-order valence-corrected chi connectivity index (χ2v) is 20.7. The highest BCUT2D eigenvalue weighted by Gasteiger charge is 2.29. The number of thioether (sulfide) groups is 1. The van der Waals surface area contributed by atoms with Gasteiger partial charge in [0.25, 0.3) is 21.6 Å². The summed E-state index contributed by atoms with van der Waals surface area (Å²) in [6.07, 6.45) is 3.17. The van der Waals surface area contributed by atoms with E-state index in [1.54, 1.807) is 23.9 Å². The van der Waals surface area contributed by atoms with Crippen LogP contribution in [0.5, 0.6) is 0 Å². The van der Waals surface area contributed by atoms with Crippen molar-refractivity contribution in [3.05, 3.63) is 148 Å². The number of anilines is 2. The highest BCUT2D eigenvalue weighted by atomic mass is 35.5. The Bertz CT molecular complexity index is 2510. The number of halogens is 1. The third-order valence-corrected chi connectivity index (χ3v) is 15.9. The second kappa shape index (κ2) is 22.2. The fraction of sp³-hybridized carbons (Fsp3) is 0.380. The van der Waals surface area contributed by atoms with E-state index in [9.17, 15) is 23.3 Å². The van der Waals surface area contributed by atoms with Crippen LogP contribution >= 0.6 is 23.4 Å². The fourth-order valence-corrected chi connectivity index (χ4v) is 11.3. The van der Waals surface area contributed by atoms with Gasteiger partial charge in [-0.2, -0.15) is 0 Å². The molecule has 0 aromatic heterocycles. The number of likely N-dealkylation sites (tertiary alicyclic amines) is 1. The van der Waals surface area contributed by atoms with Crippen LogP contribution in [0.1, 0.15) is 35.2 Å². The van der Waals surface area contributed by atoms with E-state index in [1.165, 1.54) is 36.1 Å². The first-order valence-corrected chi connectivity index (χ1v) is 25.7. The van der Waals surface area contributed by atoms with E-state index >= 15 is 0 Å². The average Bonchev–Trinajstić information content (AvgIpc) is 3.34. The van der Waals surface area contributed by atoms with Crippen molar-refractivity contribution in [1.29, 1.82) is 0 Å². The first-order chi connectivity index (χ1) is 32.0. The molecule has 0 aliphatic carbocycles. The summed E-state index contributed by atoms with van der Waals surface area (Å²) in [6.45, 7) is 11.2. The number of rotatable bonds is 17. The number of carbonyl (C=O) groups excluding carboxylic acids is 1. The number of benzene rings is 5. The minimum absolute atomic E-state index is 0.141. The number of piperazine rings is 2. The van der Waals surface area contributed by atoms with E-state index in [1.807, 2.05) is 66.7 Å². The van der Waals surface area contributed by atoms with E-state index in [4.69, 9.17) is 11.6 Å². The number of hydrogen-bond donors (Lipinski definition) is 2. The lowest BCUT2D eigenvalue weighted by Crippen LogP contribution is -2.53. The van der Waals surface area contributed by atoms with Crippen LogP contribution in [-0.4, -0.2) is 136 Å². The Hall–Kier alpha value is -5.00. The van der Waals surface area contributed by atoms with Crippen molar-refractivity contribution in [3.8, 4) is 11.1 Å². The molecule has 0 saturated carbocycles. The molecule has 0 radical (unpaired) electrons. The summed E-state index contributed by atoms with van der Waals surface area (Å²) in [7, 11) is -2.26. The predicted molar refractivity (Wildman–Crippen MR) is 266 cm³/mol. The van der Waals surface area contributed by atoms with Gasteiger partial charge in [0.1, 0.15) is 5.69 Å². The lowest BCUT2D eigenvalue weighted by Gasteiger charge is -2.42. The van der Waals surface area contributed by atoms with Gasteiger partial charge < -0.3 is 20.0 Å². The maximum Gasteiger partial charge on any atom is 0.293 e. The Morgan fingerprint density at radius 2 is 1.47 bits per heavy atom. The van der Waals surface area contributed by atoms with E-state index in [-0.39, 0.29) is 27.9 Å². The van der Waals surface area contributed by atoms with E-state index < -0.39 is 20.9 Å². The van der Waals surface area contributed by atoms with Gasteiger partial charge >= 0.3 is 0 Å². The number of sulfonamides is 1. The molecule has 8 rings (SSSR count). The Balaban J connectivity index is 0.862. The van der Waals surface area contributed by atoms with Gasteiger partial charge in [0.15, 0.2) is 0 Å². The average molecular weight is 952 g/mol. The molecule has 5 aromatic carbocycles. The molecule has 5 aromatic rings. The van der Waals surface area contributed by atoms with Gasteiger partial charge in [-0.1, -0.05) is 66.2 Å². The second-order valence-electron chi connectivity index (χ2n) is 17.5. The van der Waals surface area contributed by atoms with Crippen molar-refractivity contribution in [2.75, 3.05) is 95.0 Å². The third kappa shape index (κ3) is 12.5.